The predicted molar refractivity (Wildman–Crippen MR) is 70.9 cm³/mol. The third-order valence-electron chi connectivity index (χ3n) is 2.72. The van der Waals surface area contributed by atoms with E-state index in [2.05, 4.69) is 5.32 Å². The quantitative estimate of drug-likeness (QED) is 0.769. The summed E-state index contributed by atoms with van der Waals surface area (Å²) < 4.78 is 0. The molecule has 18 heavy (non-hydrogen) atoms. The van der Waals surface area contributed by atoms with Gasteiger partial charge in [0.2, 0.25) is 0 Å². The van der Waals surface area contributed by atoms with Crippen LogP contribution < -0.4 is 5.32 Å². The van der Waals surface area contributed by atoms with Crippen molar-refractivity contribution in [2.45, 2.75) is 20.3 Å². The smallest absolute Gasteiger partial charge is 0.255 e. The zero-order valence-electron chi connectivity index (χ0n) is 10.5. The fourth-order valence-corrected chi connectivity index (χ4v) is 1.67. The monoisotopic (exact) mass is 271 g/mol. The van der Waals surface area contributed by atoms with Crippen molar-refractivity contribution in [3.05, 3.63) is 28.8 Å². The largest absolute Gasteiger partial charge is 0.507 e. The maximum Gasteiger partial charge on any atom is 0.255 e. The number of hydrogen-bond acceptors (Lipinski definition) is 3. The van der Waals surface area contributed by atoms with E-state index in [9.17, 15) is 9.90 Å². The van der Waals surface area contributed by atoms with Gasteiger partial charge in [0, 0.05) is 18.2 Å². The Morgan fingerprint density at radius 1 is 1.44 bits per heavy atom. The van der Waals surface area contributed by atoms with Crippen LogP contribution in [0.15, 0.2) is 18.2 Å². The Bertz CT molecular complexity index is 432. The van der Waals surface area contributed by atoms with E-state index in [1.165, 1.54) is 18.2 Å². The minimum absolute atomic E-state index is 0.0747. The molecule has 1 amide bonds. The zero-order chi connectivity index (χ0) is 13.8. The SMILES string of the molecule is CC(C)(CCO)CNC(=O)c1cc(Cl)ccc1O. The fraction of sp³-hybridized carbons (Fsp3) is 0.462. The number of carbonyl (C=O) groups excluding carboxylic acids is 1. The van der Waals surface area contributed by atoms with Crippen molar-refractivity contribution in [2.24, 2.45) is 5.41 Å². The second kappa shape index (κ2) is 6.07. The summed E-state index contributed by atoms with van der Waals surface area (Å²) in [6.07, 6.45) is 0.592. The highest BCUT2D eigenvalue weighted by Gasteiger charge is 2.19. The number of aromatic hydroxyl groups is 1. The van der Waals surface area contributed by atoms with Gasteiger partial charge in [-0.3, -0.25) is 4.79 Å². The van der Waals surface area contributed by atoms with Crippen LogP contribution >= 0.6 is 11.6 Å². The molecule has 1 aromatic carbocycles. The van der Waals surface area contributed by atoms with Crippen molar-refractivity contribution in [3.63, 3.8) is 0 Å². The number of nitrogens with one attached hydrogen (secondary N) is 1. The molecule has 0 atom stereocenters. The summed E-state index contributed by atoms with van der Waals surface area (Å²) in [5, 5.41) is 21.6. The molecule has 0 bridgehead atoms. The Morgan fingerprint density at radius 3 is 2.72 bits per heavy atom. The van der Waals surface area contributed by atoms with Crippen LogP contribution in [0.3, 0.4) is 0 Å². The number of rotatable bonds is 5. The van der Waals surface area contributed by atoms with Crippen LogP contribution in [0.5, 0.6) is 5.75 Å². The first-order valence-electron chi connectivity index (χ1n) is 5.73. The average Bonchev–Trinajstić information content (AvgIpc) is 2.29. The molecule has 1 rings (SSSR count). The molecule has 1 aromatic rings. The van der Waals surface area contributed by atoms with Gasteiger partial charge >= 0.3 is 0 Å². The molecule has 0 aliphatic heterocycles. The number of aliphatic hydroxyl groups excluding tert-OH is 1. The van der Waals surface area contributed by atoms with Crippen LogP contribution in [-0.2, 0) is 0 Å². The van der Waals surface area contributed by atoms with Crippen LogP contribution in [-0.4, -0.2) is 29.3 Å². The molecule has 100 valence electrons. The van der Waals surface area contributed by atoms with E-state index in [1.807, 2.05) is 13.8 Å². The van der Waals surface area contributed by atoms with Crippen LogP contribution in [0.2, 0.25) is 5.02 Å². The second-order valence-corrected chi connectivity index (χ2v) is 5.42. The topological polar surface area (TPSA) is 69.6 Å². The molecular weight excluding hydrogens is 254 g/mol. The Hall–Kier alpha value is -1.26. The summed E-state index contributed by atoms with van der Waals surface area (Å²) in [4.78, 5) is 11.9. The van der Waals surface area contributed by atoms with Crippen LogP contribution in [0, 0.1) is 5.41 Å². The number of halogens is 1. The molecule has 4 nitrogen and oxygen atoms in total. The minimum Gasteiger partial charge on any atom is -0.507 e. The van der Waals surface area contributed by atoms with E-state index in [-0.39, 0.29) is 29.2 Å². The fourth-order valence-electron chi connectivity index (χ4n) is 1.50. The van der Waals surface area contributed by atoms with Crippen molar-refractivity contribution in [2.75, 3.05) is 13.2 Å². The van der Waals surface area contributed by atoms with E-state index in [1.54, 1.807) is 0 Å². The van der Waals surface area contributed by atoms with Crippen molar-refractivity contribution in [1.82, 2.24) is 5.32 Å². The minimum atomic E-state index is -0.374. The number of hydrogen-bond donors (Lipinski definition) is 3. The van der Waals surface area contributed by atoms with Crippen molar-refractivity contribution in [1.29, 1.82) is 0 Å². The van der Waals surface area contributed by atoms with Crippen LogP contribution in [0.25, 0.3) is 0 Å². The Morgan fingerprint density at radius 2 is 2.11 bits per heavy atom. The molecule has 0 radical (unpaired) electrons. The summed E-state index contributed by atoms with van der Waals surface area (Å²) in [6, 6.07) is 4.32. The number of carbonyl (C=O) groups is 1. The molecule has 0 spiro atoms. The van der Waals surface area contributed by atoms with Gasteiger partial charge in [0.1, 0.15) is 5.75 Å². The Kier molecular flexibility index (Phi) is 4.99. The first kappa shape index (κ1) is 14.8. The molecule has 0 heterocycles. The predicted octanol–water partition coefficient (Wildman–Crippen LogP) is 2.18. The van der Waals surface area contributed by atoms with Gasteiger partial charge in [-0.2, -0.15) is 0 Å². The summed E-state index contributed by atoms with van der Waals surface area (Å²) in [7, 11) is 0. The van der Waals surface area contributed by atoms with E-state index < -0.39 is 0 Å². The molecule has 3 N–H and O–H groups in total. The third kappa shape index (κ3) is 4.20. The van der Waals surface area contributed by atoms with Crippen molar-refractivity contribution in [3.8, 4) is 5.75 Å². The lowest BCUT2D eigenvalue weighted by molar-refractivity contribution is 0.0925. The summed E-state index contributed by atoms with van der Waals surface area (Å²) in [5.41, 5.74) is -0.0409. The first-order valence-corrected chi connectivity index (χ1v) is 6.11. The number of phenols is 1. The van der Waals surface area contributed by atoms with Gasteiger partial charge in [-0.05, 0) is 30.0 Å². The van der Waals surface area contributed by atoms with Crippen molar-refractivity contribution >= 4 is 17.5 Å². The van der Waals surface area contributed by atoms with E-state index >= 15 is 0 Å². The third-order valence-corrected chi connectivity index (χ3v) is 2.95. The number of aliphatic hydroxyl groups is 1. The van der Waals surface area contributed by atoms with Gasteiger partial charge in [-0.25, -0.2) is 0 Å². The van der Waals surface area contributed by atoms with Gasteiger partial charge in [-0.1, -0.05) is 25.4 Å². The summed E-state index contributed by atoms with van der Waals surface area (Å²) in [5.74, 6) is -0.474. The van der Waals surface area contributed by atoms with E-state index in [4.69, 9.17) is 16.7 Å². The number of phenolic OH excluding ortho intramolecular Hbond substituents is 1. The lowest BCUT2D eigenvalue weighted by Crippen LogP contribution is -2.34. The molecule has 0 saturated heterocycles. The Labute approximate surface area is 112 Å². The molecule has 0 unspecified atom stereocenters. The first-order chi connectivity index (χ1) is 8.35. The van der Waals surface area contributed by atoms with E-state index in [0.29, 0.717) is 18.0 Å². The van der Waals surface area contributed by atoms with Gasteiger partial charge < -0.3 is 15.5 Å². The average molecular weight is 272 g/mol. The zero-order valence-corrected chi connectivity index (χ0v) is 11.3. The molecule has 0 fully saturated rings. The summed E-state index contributed by atoms with van der Waals surface area (Å²) >= 11 is 5.78. The molecule has 0 aromatic heterocycles. The normalized spacial score (nSPS) is 11.3. The Balaban J connectivity index is 2.69. The second-order valence-electron chi connectivity index (χ2n) is 4.98. The molecule has 0 saturated carbocycles. The van der Waals surface area contributed by atoms with Gasteiger partial charge in [-0.15, -0.1) is 0 Å². The lowest BCUT2D eigenvalue weighted by Gasteiger charge is -2.23. The van der Waals surface area contributed by atoms with Crippen LogP contribution in [0.4, 0.5) is 0 Å². The highest BCUT2D eigenvalue weighted by molar-refractivity contribution is 6.31. The molecule has 5 heteroatoms. The standard InChI is InChI=1S/C13H18ClNO3/c1-13(2,5-6-16)8-15-12(18)10-7-9(14)3-4-11(10)17/h3-4,7,16-17H,5-6,8H2,1-2H3,(H,15,18). The molecule has 0 aliphatic carbocycles. The van der Waals surface area contributed by atoms with E-state index in [0.717, 1.165) is 0 Å². The van der Waals surface area contributed by atoms with Crippen LogP contribution in [0.1, 0.15) is 30.6 Å². The highest BCUT2D eigenvalue weighted by atomic mass is 35.5. The number of amides is 1. The lowest BCUT2D eigenvalue weighted by atomic mass is 9.89. The molecule has 0 aliphatic rings. The van der Waals surface area contributed by atoms with Gasteiger partial charge in [0.25, 0.3) is 5.91 Å². The molecular formula is C13H18ClNO3. The van der Waals surface area contributed by atoms with Gasteiger partial charge in [0.15, 0.2) is 0 Å². The highest BCUT2D eigenvalue weighted by Crippen LogP contribution is 2.22. The van der Waals surface area contributed by atoms with Crippen molar-refractivity contribution < 1.29 is 15.0 Å². The maximum absolute atomic E-state index is 11.9. The van der Waals surface area contributed by atoms with Gasteiger partial charge in [0.05, 0.1) is 5.56 Å². The summed E-state index contributed by atoms with van der Waals surface area (Å²) in [6.45, 7) is 4.38. The maximum atomic E-state index is 11.9. The number of benzene rings is 1.